The zero-order chi connectivity index (χ0) is 8.43. The second-order valence-corrected chi connectivity index (χ2v) is 4.09. The summed E-state index contributed by atoms with van der Waals surface area (Å²) in [6.07, 6.45) is 0.871. The molecule has 11 heavy (non-hydrogen) atoms. The molecule has 0 spiro atoms. The molecule has 0 unspecified atom stereocenters. The molecule has 1 heterocycles. The summed E-state index contributed by atoms with van der Waals surface area (Å²) < 4.78 is 0. The van der Waals surface area contributed by atoms with Crippen LogP contribution in [0.3, 0.4) is 0 Å². The first-order valence-electron chi connectivity index (χ1n) is 4.51. The molecule has 0 aromatic rings. The van der Waals surface area contributed by atoms with Crippen molar-refractivity contribution in [3.05, 3.63) is 0 Å². The van der Waals surface area contributed by atoms with E-state index in [-0.39, 0.29) is 6.10 Å². The lowest BCUT2D eigenvalue weighted by atomic mass is 10.2. The van der Waals surface area contributed by atoms with Crippen LogP contribution in [0.15, 0.2) is 0 Å². The van der Waals surface area contributed by atoms with Crippen molar-refractivity contribution in [2.75, 3.05) is 13.1 Å². The maximum Gasteiger partial charge on any atom is 0.0682 e. The minimum atomic E-state index is -0.0799. The van der Waals surface area contributed by atoms with Gasteiger partial charge >= 0.3 is 0 Å². The van der Waals surface area contributed by atoms with E-state index in [4.69, 9.17) is 0 Å². The Morgan fingerprint density at radius 3 is 2.55 bits per heavy atom. The van der Waals surface area contributed by atoms with Gasteiger partial charge in [-0.15, -0.1) is 0 Å². The van der Waals surface area contributed by atoms with Crippen molar-refractivity contribution in [2.24, 2.45) is 5.92 Å². The zero-order valence-electron chi connectivity index (χ0n) is 7.75. The zero-order valence-corrected chi connectivity index (χ0v) is 7.75. The Hall–Kier alpha value is -0.0800. The van der Waals surface area contributed by atoms with E-state index in [0.717, 1.165) is 19.5 Å². The number of hydrogen-bond acceptors (Lipinski definition) is 2. The SMILES string of the molecule is CC(C)CN1C[C@H](O)C[C@@H]1C. The molecule has 2 atom stereocenters. The maximum atomic E-state index is 9.34. The van der Waals surface area contributed by atoms with Crippen LogP contribution >= 0.6 is 0 Å². The second kappa shape index (κ2) is 3.55. The van der Waals surface area contributed by atoms with Gasteiger partial charge in [0.15, 0.2) is 0 Å². The molecule has 0 aromatic heterocycles. The predicted molar refractivity (Wildman–Crippen MR) is 46.5 cm³/mol. The van der Waals surface area contributed by atoms with Crippen LogP contribution in [0.2, 0.25) is 0 Å². The molecule has 1 aliphatic heterocycles. The van der Waals surface area contributed by atoms with Crippen LogP contribution in [-0.4, -0.2) is 35.2 Å². The van der Waals surface area contributed by atoms with Gasteiger partial charge in [0.2, 0.25) is 0 Å². The highest BCUT2D eigenvalue weighted by Gasteiger charge is 2.27. The molecule has 0 aromatic carbocycles. The van der Waals surface area contributed by atoms with Crippen molar-refractivity contribution in [3.63, 3.8) is 0 Å². The van der Waals surface area contributed by atoms with Crippen molar-refractivity contribution < 1.29 is 5.11 Å². The Morgan fingerprint density at radius 1 is 1.55 bits per heavy atom. The third-order valence-electron chi connectivity index (χ3n) is 2.28. The molecule has 0 bridgehead atoms. The minimum Gasteiger partial charge on any atom is -0.392 e. The number of rotatable bonds is 2. The van der Waals surface area contributed by atoms with Crippen LogP contribution in [0.4, 0.5) is 0 Å². The Kier molecular flexibility index (Phi) is 2.90. The standard InChI is InChI=1S/C9H19NO/c1-7(2)5-10-6-9(11)4-8(10)3/h7-9,11H,4-6H2,1-3H3/t8-,9+/m0/s1. The third-order valence-corrected chi connectivity index (χ3v) is 2.28. The van der Waals surface area contributed by atoms with Crippen LogP contribution in [0.25, 0.3) is 0 Å². The summed E-state index contributed by atoms with van der Waals surface area (Å²) in [5.41, 5.74) is 0. The van der Waals surface area contributed by atoms with E-state index < -0.39 is 0 Å². The molecule has 0 aliphatic carbocycles. The molecule has 1 rings (SSSR count). The second-order valence-electron chi connectivity index (χ2n) is 4.09. The average Bonchev–Trinajstić information content (AvgIpc) is 2.09. The van der Waals surface area contributed by atoms with Crippen molar-refractivity contribution in [2.45, 2.75) is 39.3 Å². The van der Waals surface area contributed by atoms with E-state index in [1.165, 1.54) is 0 Å². The van der Waals surface area contributed by atoms with Crippen LogP contribution in [-0.2, 0) is 0 Å². The lowest BCUT2D eigenvalue weighted by Gasteiger charge is -2.22. The number of likely N-dealkylation sites (tertiary alicyclic amines) is 1. The Balaban J connectivity index is 2.34. The number of β-amino-alcohol motifs (C(OH)–C–C–N with tert-alkyl or cyclic N) is 1. The molecular formula is C9H19NO. The third kappa shape index (κ3) is 2.46. The minimum absolute atomic E-state index is 0.0799. The van der Waals surface area contributed by atoms with Gasteiger partial charge in [0, 0.05) is 19.1 Å². The lowest BCUT2D eigenvalue weighted by molar-refractivity contribution is 0.170. The molecule has 1 aliphatic rings. The van der Waals surface area contributed by atoms with E-state index in [1.807, 2.05) is 0 Å². The van der Waals surface area contributed by atoms with E-state index in [9.17, 15) is 5.11 Å². The lowest BCUT2D eigenvalue weighted by Crippen LogP contribution is -2.31. The summed E-state index contributed by atoms with van der Waals surface area (Å²) in [6, 6.07) is 0.576. The first kappa shape index (κ1) is 9.01. The average molecular weight is 157 g/mol. The van der Waals surface area contributed by atoms with Crippen molar-refractivity contribution in [3.8, 4) is 0 Å². The van der Waals surface area contributed by atoms with Gasteiger partial charge in [-0.1, -0.05) is 13.8 Å². The molecule has 2 heteroatoms. The van der Waals surface area contributed by atoms with E-state index in [0.29, 0.717) is 12.0 Å². The first-order chi connectivity index (χ1) is 5.09. The highest BCUT2D eigenvalue weighted by Crippen LogP contribution is 2.18. The quantitative estimate of drug-likeness (QED) is 0.649. The molecule has 2 nitrogen and oxygen atoms in total. The molecule has 1 saturated heterocycles. The van der Waals surface area contributed by atoms with Gasteiger partial charge in [-0.05, 0) is 19.3 Å². The van der Waals surface area contributed by atoms with Gasteiger partial charge in [0.25, 0.3) is 0 Å². The molecule has 1 fully saturated rings. The predicted octanol–water partition coefficient (Wildman–Crippen LogP) is 1.10. The van der Waals surface area contributed by atoms with Gasteiger partial charge in [0.05, 0.1) is 6.10 Å². The van der Waals surface area contributed by atoms with Gasteiger partial charge < -0.3 is 5.11 Å². The van der Waals surface area contributed by atoms with Gasteiger partial charge in [-0.3, -0.25) is 4.90 Å². The van der Waals surface area contributed by atoms with Gasteiger partial charge in [-0.2, -0.15) is 0 Å². The Bertz CT molecular complexity index is 125. The van der Waals surface area contributed by atoms with E-state index in [2.05, 4.69) is 25.7 Å². The fourth-order valence-electron chi connectivity index (χ4n) is 1.79. The van der Waals surface area contributed by atoms with Crippen LogP contribution in [0.1, 0.15) is 27.2 Å². The largest absolute Gasteiger partial charge is 0.392 e. The molecule has 1 N–H and O–H groups in total. The van der Waals surface area contributed by atoms with Crippen LogP contribution in [0.5, 0.6) is 0 Å². The number of nitrogens with zero attached hydrogens (tertiary/aromatic N) is 1. The summed E-state index contributed by atoms with van der Waals surface area (Å²) >= 11 is 0. The van der Waals surface area contributed by atoms with Crippen molar-refractivity contribution in [1.29, 1.82) is 0 Å². The van der Waals surface area contributed by atoms with E-state index >= 15 is 0 Å². The monoisotopic (exact) mass is 157 g/mol. The topological polar surface area (TPSA) is 23.5 Å². The molecular weight excluding hydrogens is 138 g/mol. The van der Waals surface area contributed by atoms with Crippen LogP contribution in [0, 0.1) is 5.92 Å². The van der Waals surface area contributed by atoms with E-state index in [1.54, 1.807) is 0 Å². The first-order valence-corrected chi connectivity index (χ1v) is 4.51. The normalized spacial score (nSPS) is 33.5. The molecule has 0 amide bonds. The maximum absolute atomic E-state index is 9.34. The number of hydrogen-bond donors (Lipinski definition) is 1. The smallest absolute Gasteiger partial charge is 0.0682 e. The molecule has 0 radical (unpaired) electrons. The molecule has 66 valence electrons. The molecule has 0 saturated carbocycles. The summed E-state index contributed by atoms with van der Waals surface area (Å²) in [4.78, 5) is 2.37. The Labute approximate surface area is 69.2 Å². The summed E-state index contributed by atoms with van der Waals surface area (Å²) in [7, 11) is 0. The van der Waals surface area contributed by atoms with Crippen LogP contribution < -0.4 is 0 Å². The summed E-state index contributed by atoms with van der Waals surface area (Å²) in [5, 5.41) is 9.34. The van der Waals surface area contributed by atoms with Gasteiger partial charge in [0.1, 0.15) is 0 Å². The van der Waals surface area contributed by atoms with Gasteiger partial charge in [-0.25, -0.2) is 0 Å². The fourth-order valence-corrected chi connectivity index (χ4v) is 1.79. The highest BCUT2D eigenvalue weighted by atomic mass is 16.3. The fraction of sp³-hybridized carbons (Fsp3) is 1.00. The number of aliphatic hydroxyl groups excluding tert-OH is 1. The Morgan fingerprint density at radius 2 is 2.18 bits per heavy atom. The van der Waals surface area contributed by atoms with Crippen molar-refractivity contribution in [1.82, 2.24) is 4.90 Å². The number of aliphatic hydroxyl groups is 1. The van der Waals surface area contributed by atoms with Crippen molar-refractivity contribution >= 4 is 0 Å². The highest BCUT2D eigenvalue weighted by molar-refractivity contribution is 4.82. The summed E-state index contributed by atoms with van der Waals surface area (Å²) in [6.45, 7) is 8.63. The summed E-state index contributed by atoms with van der Waals surface area (Å²) in [5.74, 6) is 0.711.